The van der Waals surface area contributed by atoms with E-state index in [0.29, 0.717) is 12.1 Å². The van der Waals surface area contributed by atoms with Crippen LogP contribution in [-0.4, -0.2) is 59.0 Å². The number of hydrogen-bond donors (Lipinski definition) is 1. The van der Waals surface area contributed by atoms with Crippen LogP contribution in [0.25, 0.3) is 0 Å². The third-order valence-electron chi connectivity index (χ3n) is 8.33. The van der Waals surface area contributed by atoms with E-state index in [1.54, 1.807) is 0 Å². The predicted molar refractivity (Wildman–Crippen MR) is 136 cm³/mol. The summed E-state index contributed by atoms with van der Waals surface area (Å²) in [6.07, 6.45) is 20.7. The molecule has 176 valence electrons. The second-order valence-corrected chi connectivity index (χ2v) is 11.3. The van der Waals surface area contributed by atoms with Gasteiger partial charge in [0, 0.05) is 38.1 Å². The minimum Gasteiger partial charge on any atom is -0.369 e. The maximum absolute atomic E-state index is 5.87. The maximum atomic E-state index is 5.87. The Hall–Kier alpha value is -0.840. The van der Waals surface area contributed by atoms with Gasteiger partial charge in [-0.3, -0.25) is 4.99 Å². The highest BCUT2D eigenvalue weighted by molar-refractivity contribution is 7.80. The van der Waals surface area contributed by atoms with Gasteiger partial charge in [-0.15, -0.1) is 0 Å². The standard InChI is InChI=1S/C26H46N4S/c1-21-20-29(26(31)30(21)17-9-14-22-10-3-2-4-11-22)16-8-7-15-24-19-27-25(28-24)18-23-12-5-6-13-23/h21-24H,2-20H2,1H3,(H,27,28)/t21-,24+/m1/s1. The Balaban J connectivity index is 1.07. The van der Waals surface area contributed by atoms with E-state index in [4.69, 9.17) is 17.2 Å². The minimum atomic E-state index is 0.581. The van der Waals surface area contributed by atoms with E-state index in [-0.39, 0.29) is 0 Å². The average Bonchev–Trinajstić information content (AvgIpc) is 3.51. The summed E-state index contributed by atoms with van der Waals surface area (Å²) in [5.41, 5.74) is 0. The zero-order chi connectivity index (χ0) is 21.5. The van der Waals surface area contributed by atoms with Crippen LogP contribution in [0.4, 0.5) is 0 Å². The summed E-state index contributed by atoms with van der Waals surface area (Å²) < 4.78 is 0. The molecule has 0 radical (unpaired) electrons. The van der Waals surface area contributed by atoms with Gasteiger partial charge in [-0.2, -0.15) is 0 Å². The van der Waals surface area contributed by atoms with E-state index in [0.717, 1.165) is 36.6 Å². The lowest BCUT2D eigenvalue weighted by atomic mass is 9.86. The van der Waals surface area contributed by atoms with Gasteiger partial charge < -0.3 is 15.1 Å². The molecule has 2 heterocycles. The van der Waals surface area contributed by atoms with Crippen molar-refractivity contribution < 1.29 is 0 Å². The van der Waals surface area contributed by atoms with Crippen LogP contribution in [0.2, 0.25) is 0 Å². The molecule has 2 saturated carbocycles. The van der Waals surface area contributed by atoms with Crippen molar-refractivity contribution in [3.05, 3.63) is 0 Å². The smallest absolute Gasteiger partial charge is 0.171 e. The van der Waals surface area contributed by atoms with Crippen LogP contribution >= 0.6 is 12.2 Å². The molecule has 1 N–H and O–H groups in total. The zero-order valence-electron chi connectivity index (χ0n) is 20.0. The lowest BCUT2D eigenvalue weighted by Gasteiger charge is -2.26. The van der Waals surface area contributed by atoms with Gasteiger partial charge in [0.25, 0.3) is 0 Å². The third-order valence-corrected chi connectivity index (χ3v) is 8.82. The Bertz CT molecular complexity index is 594. The summed E-state index contributed by atoms with van der Waals surface area (Å²) in [6, 6.07) is 1.17. The van der Waals surface area contributed by atoms with Gasteiger partial charge in [-0.1, -0.05) is 57.8 Å². The van der Waals surface area contributed by atoms with Gasteiger partial charge >= 0.3 is 0 Å². The molecule has 2 atom stereocenters. The first-order valence-electron chi connectivity index (χ1n) is 13.5. The van der Waals surface area contributed by atoms with Gasteiger partial charge in [0.2, 0.25) is 0 Å². The van der Waals surface area contributed by atoms with Gasteiger partial charge in [-0.05, 0) is 63.1 Å². The fourth-order valence-electron chi connectivity index (χ4n) is 6.41. The van der Waals surface area contributed by atoms with Crippen molar-refractivity contribution in [1.82, 2.24) is 15.1 Å². The first-order chi connectivity index (χ1) is 15.2. The molecule has 4 rings (SSSR count). The topological polar surface area (TPSA) is 30.9 Å². The second kappa shape index (κ2) is 11.9. The molecular formula is C26H46N4S. The van der Waals surface area contributed by atoms with Gasteiger partial charge in [0.05, 0.1) is 12.4 Å². The van der Waals surface area contributed by atoms with Crippen molar-refractivity contribution in [2.24, 2.45) is 16.8 Å². The molecule has 4 nitrogen and oxygen atoms in total. The van der Waals surface area contributed by atoms with Gasteiger partial charge in [0.15, 0.2) is 5.11 Å². The van der Waals surface area contributed by atoms with Crippen LogP contribution in [-0.2, 0) is 0 Å². The van der Waals surface area contributed by atoms with Crippen LogP contribution in [0, 0.1) is 11.8 Å². The molecule has 31 heavy (non-hydrogen) atoms. The molecule has 5 heteroatoms. The average molecular weight is 447 g/mol. The quantitative estimate of drug-likeness (QED) is 0.323. The maximum Gasteiger partial charge on any atom is 0.171 e. The SMILES string of the molecule is C[C@@H]1CN(CCCC[C@H]2CN=C(CC3CCCC3)N2)C(=S)N1CCCC1CCCCC1. The Kier molecular flexibility index (Phi) is 8.92. The molecule has 0 aromatic heterocycles. The number of amidine groups is 1. The Morgan fingerprint density at radius 2 is 1.65 bits per heavy atom. The van der Waals surface area contributed by atoms with Crippen molar-refractivity contribution in [1.29, 1.82) is 0 Å². The second-order valence-electron chi connectivity index (χ2n) is 10.9. The van der Waals surface area contributed by atoms with Crippen LogP contribution in [0.15, 0.2) is 4.99 Å². The highest BCUT2D eigenvalue weighted by Crippen LogP contribution is 2.29. The van der Waals surface area contributed by atoms with Gasteiger partial charge in [0.1, 0.15) is 0 Å². The number of thiocarbonyl (C=S) groups is 1. The normalized spacial score (nSPS) is 27.9. The molecule has 0 spiro atoms. The highest BCUT2D eigenvalue weighted by atomic mass is 32.1. The molecular weight excluding hydrogens is 400 g/mol. The fourth-order valence-corrected chi connectivity index (χ4v) is 6.85. The minimum absolute atomic E-state index is 0.581. The molecule has 3 fully saturated rings. The molecule has 0 amide bonds. The third kappa shape index (κ3) is 6.82. The Morgan fingerprint density at radius 1 is 0.903 bits per heavy atom. The van der Waals surface area contributed by atoms with E-state index < -0.39 is 0 Å². The summed E-state index contributed by atoms with van der Waals surface area (Å²) in [5.74, 6) is 3.19. The molecule has 2 aliphatic heterocycles. The van der Waals surface area contributed by atoms with E-state index in [1.165, 1.54) is 109 Å². The molecule has 0 aromatic carbocycles. The summed E-state index contributed by atoms with van der Waals surface area (Å²) in [4.78, 5) is 9.79. The van der Waals surface area contributed by atoms with E-state index in [1.807, 2.05) is 0 Å². The molecule has 0 bridgehead atoms. The van der Waals surface area contributed by atoms with E-state index in [2.05, 4.69) is 22.0 Å². The highest BCUT2D eigenvalue weighted by Gasteiger charge is 2.30. The molecule has 2 aliphatic carbocycles. The van der Waals surface area contributed by atoms with Crippen LogP contribution in [0.3, 0.4) is 0 Å². The Labute approximate surface area is 196 Å². The zero-order valence-corrected chi connectivity index (χ0v) is 20.8. The molecule has 1 saturated heterocycles. The van der Waals surface area contributed by atoms with Crippen molar-refractivity contribution in [2.45, 2.75) is 115 Å². The summed E-state index contributed by atoms with van der Waals surface area (Å²) in [5, 5.41) is 4.84. The van der Waals surface area contributed by atoms with Gasteiger partial charge in [-0.25, -0.2) is 0 Å². The first kappa shape index (κ1) is 23.3. The number of nitrogens with zero attached hydrogens (tertiary/aromatic N) is 3. The lowest BCUT2D eigenvalue weighted by molar-refractivity contribution is 0.301. The lowest BCUT2D eigenvalue weighted by Crippen LogP contribution is -2.35. The van der Waals surface area contributed by atoms with Crippen LogP contribution in [0.5, 0.6) is 0 Å². The summed E-state index contributed by atoms with van der Waals surface area (Å²) in [6.45, 7) is 6.78. The van der Waals surface area contributed by atoms with Crippen molar-refractivity contribution >= 4 is 23.2 Å². The first-order valence-corrected chi connectivity index (χ1v) is 14.0. The summed E-state index contributed by atoms with van der Waals surface area (Å²) in [7, 11) is 0. The summed E-state index contributed by atoms with van der Waals surface area (Å²) >= 11 is 5.87. The van der Waals surface area contributed by atoms with Crippen molar-refractivity contribution in [3.63, 3.8) is 0 Å². The van der Waals surface area contributed by atoms with Crippen LogP contribution in [0.1, 0.15) is 103 Å². The number of nitrogens with one attached hydrogen (secondary N) is 1. The monoisotopic (exact) mass is 446 g/mol. The number of hydrogen-bond acceptors (Lipinski definition) is 3. The Morgan fingerprint density at radius 3 is 2.45 bits per heavy atom. The molecule has 4 aliphatic rings. The van der Waals surface area contributed by atoms with Crippen LogP contribution < -0.4 is 5.32 Å². The van der Waals surface area contributed by atoms with Crippen molar-refractivity contribution in [3.8, 4) is 0 Å². The largest absolute Gasteiger partial charge is 0.369 e. The molecule has 0 unspecified atom stereocenters. The molecule has 0 aromatic rings. The number of rotatable bonds is 11. The van der Waals surface area contributed by atoms with Crippen molar-refractivity contribution in [2.75, 3.05) is 26.2 Å². The fraction of sp³-hybridized carbons (Fsp3) is 0.923. The number of aliphatic imine (C=N–C) groups is 1. The van der Waals surface area contributed by atoms with E-state index in [9.17, 15) is 0 Å². The number of unbranched alkanes of at least 4 members (excludes halogenated alkanes) is 1. The van der Waals surface area contributed by atoms with E-state index >= 15 is 0 Å². The predicted octanol–water partition coefficient (Wildman–Crippen LogP) is 5.76.